The fourth-order valence-electron chi connectivity index (χ4n) is 4.34. The highest BCUT2D eigenvalue weighted by Gasteiger charge is 2.47. The molecule has 1 aliphatic heterocycles. The zero-order valence-corrected chi connectivity index (χ0v) is 19.7. The quantitative estimate of drug-likeness (QED) is 0.307. The van der Waals surface area contributed by atoms with Crippen molar-refractivity contribution in [3.63, 3.8) is 0 Å². The first-order chi connectivity index (χ1) is 16.3. The van der Waals surface area contributed by atoms with Crippen LogP contribution in [0.25, 0.3) is 5.76 Å². The normalized spacial score (nSPS) is 17.2. The summed E-state index contributed by atoms with van der Waals surface area (Å²) in [6, 6.07) is 18.9. The lowest BCUT2D eigenvalue weighted by Gasteiger charge is -2.27. The molecule has 0 aromatic heterocycles. The van der Waals surface area contributed by atoms with Crippen LogP contribution in [0.15, 0.2) is 72.3 Å². The number of benzene rings is 3. The zero-order chi connectivity index (χ0) is 24.4. The number of nitrogens with zero attached hydrogens (tertiary/aromatic N) is 1. The van der Waals surface area contributed by atoms with E-state index in [1.165, 1.54) is 4.90 Å². The predicted octanol–water partition coefficient (Wildman–Crippen LogP) is 5.34. The van der Waals surface area contributed by atoms with Crippen molar-refractivity contribution in [1.29, 1.82) is 0 Å². The van der Waals surface area contributed by atoms with Crippen LogP contribution < -0.4 is 14.4 Å². The van der Waals surface area contributed by atoms with Gasteiger partial charge in [0.25, 0.3) is 11.7 Å². The van der Waals surface area contributed by atoms with Gasteiger partial charge < -0.3 is 14.6 Å². The van der Waals surface area contributed by atoms with Crippen molar-refractivity contribution in [1.82, 2.24) is 0 Å². The molecule has 1 aliphatic rings. The number of methoxy groups -OCH3 is 1. The van der Waals surface area contributed by atoms with E-state index in [0.29, 0.717) is 34.9 Å². The fraction of sp³-hybridized carbons (Fsp3) is 0.214. The highest BCUT2D eigenvalue weighted by molar-refractivity contribution is 6.51. The lowest BCUT2D eigenvalue weighted by molar-refractivity contribution is -0.132. The number of hydrogen-bond donors (Lipinski definition) is 1. The Balaban J connectivity index is 1.96. The predicted molar refractivity (Wildman–Crippen MR) is 131 cm³/mol. The molecule has 174 valence electrons. The molecule has 0 aliphatic carbocycles. The molecule has 34 heavy (non-hydrogen) atoms. The average molecular weight is 458 g/mol. The van der Waals surface area contributed by atoms with Crippen molar-refractivity contribution in [2.24, 2.45) is 0 Å². The maximum atomic E-state index is 13.4. The Morgan fingerprint density at radius 1 is 0.971 bits per heavy atom. The largest absolute Gasteiger partial charge is 0.507 e. The first-order valence-corrected chi connectivity index (χ1v) is 11.1. The van der Waals surface area contributed by atoms with Crippen molar-refractivity contribution in [3.8, 4) is 11.5 Å². The minimum Gasteiger partial charge on any atom is -0.507 e. The summed E-state index contributed by atoms with van der Waals surface area (Å²) >= 11 is 0. The van der Waals surface area contributed by atoms with Crippen LogP contribution in [0.2, 0.25) is 0 Å². The minimum absolute atomic E-state index is 0.0203. The Labute approximate surface area is 199 Å². The molecule has 0 radical (unpaired) electrons. The Morgan fingerprint density at radius 3 is 2.41 bits per heavy atom. The van der Waals surface area contributed by atoms with E-state index in [9.17, 15) is 14.7 Å². The molecule has 0 saturated carbocycles. The molecular formula is C28H27NO5. The van der Waals surface area contributed by atoms with Gasteiger partial charge in [0.1, 0.15) is 17.3 Å². The summed E-state index contributed by atoms with van der Waals surface area (Å²) in [4.78, 5) is 28.2. The Kier molecular flexibility index (Phi) is 6.41. The number of carbonyl (C=O) groups excluding carboxylic acids is 2. The molecule has 1 atom stereocenters. The van der Waals surface area contributed by atoms with E-state index in [4.69, 9.17) is 9.47 Å². The van der Waals surface area contributed by atoms with E-state index in [0.717, 1.165) is 11.1 Å². The highest BCUT2D eigenvalue weighted by Crippen LogP contribution is 2.44. The highest BCUT2D eigenvalue weighted by atomic mass is 16.5. The van der Waals surface area contributed by atoms with Crippen molar-refractivity contribution in [2.75, 3.05) is 18.6 Å². The van der Waals surface area contributed by atoms with E-state index < -0.39 is 17.7 Å². The van der Waals surface area contributed by atoms with Crippen LogP contribution >= 0.6 is 0 Å². The number of hydrogen-bond acceptors (Lipinski definition) is 5. The van der Waals surface area contributed by atoms with E-state index >= 15 is 0 Å². The van der Waals surface area contributed by atoms with Crippen molar-refractivity contribution in [2.45, 2.75) is 26.8 Å². The third kappa shape index (κ3) is 4.15. The van der Waals surface area contributed by atoms with Gasteiger partial charge in [0.05, 0.1) is 25.3 Å². The molecule has 1 N–H and O–H groups in total. The topological polar surface area (TPSA) is 76.1 Å². The van der Waals surface area contributed by atoms with Gasteiger partial charge in [0.2, 0.25) is 0 Å². The van der Waals surface area contributed by atoms with E-state index in [1.54, 1.807) is 49.6 Å². The summed E-state index contributed by atoms with van der Waals surface area (Å²) in [6.45, 7) is 6.20. The number of carbonyl (C=O) groups is 2. The second-order valence-electron chi connectivity index (χ2n) is 8.20. The van der Waals surface area contributed by atoms with Gasteiger partial charge in [-0.15, -0.1) is 0 Å². The summed E-state index contributed by atoms with van der Waals surface area (Å²) in [7, 11) is 1.55. The Bertz CT molecular complexity index is 1290. The van der Waals surface area contributed by atoms with Gasteiger partial charge in [0.15, 0.2) is 0 Å². The van der Waals surface area contributed by atoms with Crippen molar-refractivity contribution < 1.29 is 24.2 Å². The third-order valence-corrected chi connectivity index (χ3v) is 5.88. The molecule has 3 aromatic carbocycles. The number of ketones is 1. The van der Waals surface area contributed by atoms with E-state index in [2.05, 4.69) is 0 Å². The van der Waals surface area contributed by atoms with Gasteiger partial charge in [-0.25, -0.2) is 0 Å². The number of amides is 1. The Morgan fingerprint density at radius 2 is 1.71 bits per heavy atom. The molecular weight excluding hydrogens is 430 g/mol. The van der Waals surface area contributed by atoms with Crippen LogP contribution in [0, 0.1) is 13.8 Å². The van der Waals surface area contributed by atoms with Gasteiger partial charge in [0, 0.05) is 11.3 Å². The third-order valence-electron chi connectivity index (χ3n) is 5.88. The molecule has 1 saturated heterocycles. The standard InChI is InChI=1S/C28H27NO5/c1-5-34-22-11-7-9-20(16-22)26(30)24-25(19-8-6-10-21(15-19)33-4)29(28(32)27(24)31)23-13-12-17(2)14-18(23)3/h6-16,25,30H,5H2,1-4H3/b26-24+. The first kappa shape index (κ1) is 23.1. The molecule has 6 nitrogen and oxygen atoms in total. The van der Waals surface area contributed by atoms with Crippen LogP contribution in [-0.2, 0) is 9.59 Å². The number of anilines is 1. The monoisotopic (exact) mass is 457 g/mol. The lowest BCUT2D eigenvalue weighted by atomic mass is 9.94. The molecule has 1 heterocycles. The number of aliphatic hydroxyl groups excluding tert-OH is 1. The van der Waals surface area contributed by atoms with Crippen molar-refractivity contribution >= 4 is 23.1 Å². The van der Waals surface area contributed by atoms with Gasteiger partial charge in [-0.1, -0.05) is 42.0 Å². The summed E-state index contributed by atoms with van der Waals surface area (Å²) < 4.78 is 10.9. The summed E-state index contributed by atoms with van der Waals surface area (Å²) in [5.74, 6) is -0.537. The number of aliphatic hydroxyl groups is 1. The molecule has 4 rings (SSSR count). The number of ether oxygens (including phenoxy) is 2. The smallest absolute Gasteiger partial charge is 0.300 e. The SMILES string of the molecule is CCOc1cccc(/C(O)=C2\C(=O)C(=O)N(c3ccc(C)cc3C)C2c2cccc(OC)c2)c1. The van der Waals surface area contributed by atoms with Gasteiger partial charge in [-0.2, -0.15) is 0 Å². The fourth-order valence-corrected chi connectivity index (χ4v) is 4.34. The van der Waals surface area contributed by atoms with Crippen LogP contribution in [0.1, 0.15) is 35.2 Å². The minimum atomic E-state index is -0.827. The van der Waals surface area contributed by atoms with Crippen LogP contribution in [0.3, 0.4) is 0 Å². The molecule has 6 heteroatoms. The van der Waals surface area contributed by atoms with Gasteiger partial charge in [-0.3, -0.25) is 14.5 Å². The summed E-state index contributed by atoms with van der Waals surface area (Å²) in [5, 5.41) is 11.3. The maximum absolute atomic E-state index is 13.4. The number of Topliss-reactive ketones (excluding diaryl/α,β-unsaturated/α-hetero) is 1. The average Bonchev–Trinajstić information content (AvgIpc) is 3.09. The number of rotatable bonds is 6. The Hall–Kier alpha value is -4.06. The lowest BCUT2D eigenvalue weighted by Crippen LogP contribution is -2.30. The van der Waals surface area contributed by atoms with E-state index in [-0.39, 0.29) is 11.3 Å². The van der Waals surface area contributed by atoms with Crippen LogP contribution in [0.4, 0.5) is 5.69 Å². The second-order valence-corrected chi connectivity index (χ2v) is 8.20. The summed E-state index contributed by atoms with van der Waals surface area (Å²) in [5.41, 5.74) is 3.59. The maximum Gasteiger partial charge on any atom is 0.300 e. The molecule has 1 unspecified atom stereocenters. The zero-order valence-electron chi connectivity index (χ0n) is 19.7. The number of aryl methyl sites for hydroxylation is 2. The van der Waals surface area contributed by atoms with Crippen LogP contribution in [0.5, 0.6) is 11.5 Å². The molecule has 1 amide bonds. The first-order valence-electron chi connectivity index (χ1n) is 11.1. The second kappa shape index (κ2) is 9.43. The molecule has 1 fully saturated rings. The van der Waals surface area contributed by atoms with E-state index in [1.807, 2.05) is 45.0 Å². The molecule has 3 aromatic rings. The van der Waals surface area contributed by atoms with Crippen LogP contribution in [-0.4, -0.2) is 30.5 Å². The molecule has 0 spiro atoms. The van der Waals surface area contributed by atoms with Crippen molar-refractivity contribution in [3.05, 3.63) is 94.6 Å². The summed E-state index contributed by atoms with van der Waals surface area (Å²) in [6.07, 6.45) is 0. The van der Waals surface area contributed by atoms with Gasteiger partial charge in [-0.05, 0) is 62.2 Å². The molecule has 0 bridgehead atoms. The van der Waals surface area contributed by atoms with Gasteiger partial charge >= 0.3 is 0 Å².